The summed E-state index contributed by atoms with van der Waals surface area (Å²) in [6.07, 6.45) is 1.51. The molecule has 0 aliphatic carbocycles. The molecule has 0 bridgehead atoms. The van der Waals surface area contributed by atoms with Crippen molar-refractivity contribution in [2.75, 3.05) is 20.2 Å². The van der Waals surface area contributed by atoms with Gasteiger partial charge in [-0.05, 0) is 17.7 Å². The number of benzene rings is 1. The van der Waals surface area contributed by atoms with Crippen molar-refractivity contribution in [1.29, 1.82) is 0 Å². The van der Waals surface area contributed by atoms with Crippen molar-refractivity contribution in [2.24, 2.45) is 5.29 Å². The number of pyridine rings is 1. The van der Waals surface area contributed by atoms with Gasteiger partial charge >= 0.3 is 0 Å². The first-order valence-corrected chi connectivity index (χ1v) is 6.43. The third-order valence-corrected chi connectivity index (χ3v) is 2.90. The number of ether oxygens (including phenoxy) is 1. The molecule has 2 rings (SSSR count). The van der Waals surface area contributed by atoms with Gasteiger partial charge in [-0.1, -0.05) is 36.4 Å². The molecule has 0 aliphatic heterocycles. The molecule has 0 spiro atoms. The van der Waals surface area contributed by atoms with E-state index in [-0.39, 0.29) is 6.10 Å². The van der Waals surface area contributed by atoms with Crippen molar-refractivity contribution >= 4 is 0 Å². The summed E-state index contributed by atoms with van der Waals surface area (Å²) in [5, 5.41) is 4.12. The summed E-state index contributed by atoms with van der Waals surface area (Å²) in [5.74, 6) is 0. The summed E-state index contributed by atoms with van der Waals surface area (Å²) < 4.78 is 5.88. The van der Waals surface area contributed by atoms with Crippen LogP contribution in [0.25, 0.3) is 0 Å². The van der Waals surface area contributed by atoms with E-state index in [0.717, 1.165) is 11.3 Å². The van der Waals surface area contributed by atoms with Crippen molar-refractivity contribution in [1.82, 2.24) is 9.99 Å². The summed E-state index contributed by atoms with van der Waals surface area (Å²) in [6.45, 7) is 0.845. The first kappa shape index (κ1) is 14.1. The molecule has 5 nitrogen and oxygen atoms in total. The third-order valence-electron chi connectivity index (χ3n) is 2.90. The van der Waals surface area contributed by atoms with Crippen molar-refractivity contribution in [3.63, 3.8) is 0 Å². The Morgan fingerprint density at radius 2 is 1.95 bits per heavy atom. The van der Waals surface area contributed by atoms with Gasteiger partial charge in [0.1, 0.15) is 6.10 Å². The fourth-order valence-corrected chi connectivity index (χ4v) is 1.85. The second-order valence-corrected chi connectivity index (χ2v) is 4.38. The van der Waals surface area contributed by atoms with E-state index in [1.54, 1.807) is 13.2 Å². The molecule has 0 fully saturated rings. The highest BCUT2D eigenvalue weighted by molar-refractivity contribution is 5.25. The number of aromatic nitrogens is 1. The van der Waals surface area contributed by atoms with E-state index in [4.69, 9.17) is 4.74 Å². The van der Waals surface area contributed by atoms with Gasteiger partial charge in [0.25, 0.3) is 0 Å². The molecule has 1 aromatic carbocycles. The zero-order valence-electron chi connectivity index (χ0n) is 11.3. The Morgan fingerprint density at radius 1 is 1.20 bits per heavy atom. The zero-order chi connectivity index (χ0) is 14.2. The lowest BCUT2D eigenvalue weighted by Gasteiger charge is -2.19. The lowest BCUT2D eigenvalue weighted by molar-refractivity contribution is 0.0625. The summed E-state index contributed by atoms with van der Waals surface area (Å²) in [4.78, 5) is 14.7. The quantitative estimate of drug-likeness (QED) is 0.574. The van der Waals surface area contributed by atoms with Crippen LogP contribution in [0.4, 0.5) is 0 Å². The molecule has 0 saturated heterocycles. The van der Waals surface area contributed by atoms with Crippen LogP contribution in [0.5, 0.6) is 0 Å². The van der Waals surface area contributed by atoms with Crippen molar-refractivity contribution < 1.29 is 4.74 Å². The number of rotatable bonds is 7. The van der Waals surface area contributed by atoms with E-state index in [1.165, 1.54) is 5.01 Å². The van der Waals surface area contributed by atoms with Crippen LogP contribution >= 0.6 is 0 Å². The zero-order valence-corrected chi connectivity index (χ0v) is 11.3. The van der Waals surface area contributed by atoms with Gasteiger partial charge in [0.05, 0.1) is 24.1 Å². The van der Waals surface area contributed by atoms with Crippen molar-refractivity contribution in [2.45, 2.75) is 6.10 Å². The molecular formula is C15H17N3O2. The Balaban J connectivity index is 2.11. The van der Waals surface area contributed by atoms with Gasteiger partial charge in [-0.3, -0.25) is 9.99 Å². The highest BCUT2D eigenvalue weighted by Crippen LogP contribution is 2.23. The minimum atomic E-state index is -0.238. The van der Waals surface area contributed by atoms with Crippen molar-refractivity contribution in [3.05, 3.63) is 70.9 Å². The largest absolute Gasteiger partial charge is 0.365 e. The third kappa shape index (κ3) is 3.86. The molecule has 0 amide bonds. The van der Waals surface area contributed by atoms with Gasteiger partial charge in [0, 0.05) is 13.2 Å². The Kier molecular flexibility index (Phi) is 5.20. The average Bonchev–Trinajstić information content (AvgIpc) is 2.53. The van der Waals surface area contributed by atoms with Gasteiger partial charge in [-0.15, -0.1) is 4.91 Å². The van der Waals surface area contributed by atoms with E-state index in [2.05, 4.69) is 10.3 Å². The van der Waals surface area contributed by atoms with Crippen LogP contribution in [-0.2, 0) is 4.74 Å². The van der Waals surface area contributed by atoms with Crippen LogP contribution in [0.1, 0.15) is 17.4 Å². The lowest BCUT2D eigenvalue weighted by atomic mass is 10.1. The predicted octanol–water partition coefficient (Wildman–Crippen LogP) is 2.80. The number of likely N-dealkylation sites (N-methyl/N-ethyl adjacent to an activating group) is 1. The summed E-state index contributed by atoms with van der Waals surface area (Å²) in [5.41, 5.74) is 1.88. The smallest absolute Gasteiger partial charge is 0.125 e. The molecule has 20 heavy (non-hydrogen) atoms. The highest BCUT2D eigenvalue weighted by Gasteiger charge is 2.15. The molecule has 2 aromatic rings. The van der Waals surface area contributed by atoms with E-state index >= 15 is 0 Å². The Hall–Kier alpha value is -2.27. The maximum atomic E-state index is 10.3. The fourth-order valence-electron chi connectivity index (χ4n) is 1.85. The van der Waals surface area contributed by atoms with Crippen LogP contribution in [0.15, 0.2) is 60.0 Å². The Labute approximate surface area is 118 Å². The molecule has 0 aliphatic rings. The van der Waals surface area contributed by atoms with Gasteiger partial charge in [-0.2, -0.15) is 0 Å². The lowest BCUT2D eigenvalue weighted by Crippen LogP contribution is -2.19. The van der Waals surface area contributed by atoms with E-state index in [1.807, 2.05) is 48.5 Å². The van der Waals surface area contributed by atoms with Gasteiger partial charge < -0.3 is 4.74 Å². The average molecular weight is 271 g/mol. The Morgan fingerprint density at radius 3 is 2.60 bits per heavy atom. The maximum absolute atomic E-state index is 10.3. The van der Waals surface area contributed by atoms with Crippen LogP contribution in [0, 0.1) is 4.91 Å². The number of nitrogens with zero attached hydrogens (tertiary/aromatic N) is 3. The standard InChI is InChI=1S/C15H17N3O2/c1-18(17-19)11-12-20-15(13-7-3-2-4-8-13)14-9-5-6-10-16-14/h2-10,15H,11-12H2,1H3. The molecular weight excluding hydrogens is 254 g/mol. The fraction of sp³-hybridized carbons (Fsp3) is 0.267. The minimum absolute atomic E-state index is 0.238. The molecule has 1 atom stereocenters. The topological polar surface area (TPSA) is 54.8 Å². The number of hydrogen-bond acceptors (Lipinski definition) is 4. The van der Waals surface area contributed by atoms with E-state index in [0.29, 0.717) is 13.2 Å². The molecule has 5 heteroatoms. The molecule has 104 valence electrons. The summed E-state index contributed by atoms with van der Waals surface area (Å²) in [6, 6.07) is 15.6. The SMILES string of the molecule is CN(CCOC(c1ccccc1)c1ccccn1)N=O. The van der Waals surface area contributed by atoms with E-state index < -0.39 is 0 Å². The molecule has 1 unspecified atom stereocenters. The van der Waals surface area contributed by atoms with Crippen LogP contribution in [-0.4, -0.2) is 30.2 Å². The Bertz CT molecular complexity index is 480. The molecule has 1 aromatic heterocycles. The molecule has 0 radical (unpaired) electrons. The second kappa shape index (κ2) is 7.35. The monoisotopic (exact) mass is 271 g/mol. The van der Waals surface area contributed by atoms with Crippen LogP contribution < -0.4 is 0 Å². The first-order valence-electron chi connectivity index (χ1n) is 6.43. The first-order chi connectivity index (χ1) is 9.81. The number of nitroso groups, excluding NO2 is 1. The van der Waals surface area contributed by atoms with Gasteiger partial charge in [0.2, 0.25) is 0 Å². The van der Waals surface area contributed by atoms with Crippen molar-refractivity contribution in [3.8, 4) is 0 Å². The molecule has 0 saturated carbocycles. The maximum Gasteiger partial charge on any atom is 0.125 e. The normalized spacial score (nSPS) is 11.8. The second-order valence-electron chi connectivity index (χ2n) is 4.38. The highest BCUT2D eigenvalue weighted by atomic mass is 16.5. The predicted molar refractivity (Wildman–Crippen MR) is 76.9 cm³/mol. The molecule has 1 heterocycles. The molecule has 0 N–H and O–H groups in total. The van der Waals surface area contributed by atoms with Gasteiger partial charge in [-0.25, -0.2) is 0 Å². The summed E-state index contributed by atoms with van der Waals surface area (Å²) in [7, 11) is 1.62. The van der Waals surface area contributed by atoms with E-state index in [9.17, 15) is 4.91 Å². The van der Waals surface area contributed by atoms with Crippen LogP contribution in [0.2, 0.25) is 0 Å². The minimum Gasteiger partial charge on any atom is -0.365 e. The summed E-state index contributed by atoms with van der Waals surface area (Å²) >= 11 is 0. The van der Waals surface area contributed by atoms with Crippen LogP contribution in [0.3, 0.4) is 0 Å². The number of hydrogen-bond donors (Lipinski definition) is 0. The van der Waals surface area contributed by atoms with Gasteiger partial charge in [0.15, 0.2) is 0 Å².